The van der Waals surface area contributed by atoms with Gasteiger partial charge in [-0.1, -0.05) is 0 Å². The Kier molecular flexibility index (Phi) is 2.73. The summed E-state index contributed by atoms with van der Waals surface area (Å²) in [5.41, 5.74) is 1.01. The average molecular weight is 268 g/mol. The molecule has 1 aromatic carbocycles. The van der Waals surface area contributed by atoms with E-state index in [2.05, 4.69) is 26.0 Å². The fourth-order valence-corrected chi connectivity index (χ4v) is 1.75. The Labute approximate surface area is 96.0 Å². The van der Waals surface area contributed by atoms with Gasteiger partial charge in [-0.05, 0) is 40.2 Å². The van der Waals surface area contributed by atoms with Gasteiger partial charge in [-0.3, -0.25) is 0 Å². The Morgan fingerprint density at radius 3 is 2.40 bits per heavy atom. The molecule has 1 heterocycles. The van der Waals surface area contributed by atoms with Crippen LogP contribution >= 0.6 is 15.9 Å². The molecule has 0 aliphatic carbocycles. The summed E-state index contributed by atoms with van der Waals surface area (Å²) in [6.45, 7) is 0. The van der Waals surface area contributed by atoms with E-state index in [0.717, 1.165) is 17.1 Å². The molecule has 0 spiro atoms. The van der Waals surface area contributed by atoms with Crippen molar-refractivity contribution < 1.29 is 4.74 Å². The molecule has 0 unspecified atom stereocenters. The van der Waals surface area contributed by atoms with Crippen LogP contribution in [0, 0.1) is 0 Å². The summed E-state index contributed by atoms with van der Waals surface area (Å²) >= 11 is 3.24. The molecule has 4 nitrogen and oxygen atoms in total. The monoisotopic (exact) mass is 267 g/mol. The summed E-state index contributed by atoms with van der Waals surface area (Å²) < 4.78 is 7.41. The fraction of sp³-hybridized carbons (Fsp3) is 0.200. The first-order chi connectivity index (χ1) is 7.20. The second-order valence-electron chi connectivity index (χ2n) is 3.06. The quantitative estimate of drug-likeness (QED) is 0.838. The van der Waals surface area contributed by atoms with E-state index in [9.17, 15) is 0 Å². The highest BCUT2D eigenvalue weighted by atomic mass is 79.9. The van der Waals surface area contributed by atoms with E-state index < -0.39 is 0 Å². The van der Waals surface area contributed by atoms with Gasteiger partial charge in [0.25, 0.3) is 0 Å². The van der Waals surface area contributed by atoms with Crippen molar-refractivity contribution in [2.24, 2.45) is 7.05 Å². The van der Waals surface area contributed by atoms with Crippen molar-refractivity contribution in [1.82, 2.24) is 14.8 Å². The molecule has 0 saturated carbocycles. The summed E-state index contributed by atoms with van der Waals surface area (Å²) in [6, 6.07) is 7.71. The number of halogens is 1. The first kappa shape index (κ1) is 10.2. The van der Waals surface area contributed by atoms with Crippen molar-refractivity contribution in [3.8, 4) is 17.1 Å². The maximum atomic E-state index is 5.09. The molecule has 0 aliphatic heterocycles. The highest BCUT2D eigenvalue weighted by Gasteiger charge is 2.07. The van der Waals surface area contributed by atoms with Gasteiger partial charge >= 0.3 is 0 Å². The highest BCUT2D eigenvalue weighted by molar-refractivity contribution is 9.10. The highest BCUT2D eigenvalue weighted by Crippen LogP contribution is 2.21. The smallest absolute Gasteiger partial charge is 0.217 e. The third kappa shape index (κ3) is 2.02. The number of rotatable bonds is 2. The molecule has 0 fully saturated rings. The van der Waals surface area contributed by atoms with Gasteiger partial charge in [0.1, 0.15) is 5.75 Å². The maximum Gasteiger partial charge on any atom is 0.217 e. The lowest BCUT2D eigenvalue weighted by atomic mass is 10.2. The SMILES string of the molecule is COc1ccc(-c2nc(Br)nn2C)cc1. The van der Waals surface area contributed by atoms with Crippen LogP contribution < -0.4 is 4.74 Å². The number of aromatic nitrogens is 3. The number of nitrogens with zero attached hydrogens (tertiary/aromatic N) is 3. The first-order valence-corrected chi connectivity index (χ1v) is 5.21. The molecule has 5 heteroatoms. The Morgan fingerprint density at radius 2 is 1.93 bits per heavy atom. The van der Waals surface area contributed by atoms with Crippen LogP contribution in [0.3, 0.4) is 0 Å². The van der Waals surface area contributed by atoms with Crippen LogP contribution in [0.2, 0.25) is 0 Å². The second kappa shape index (κ2) is 4.02. The molecule has 0 radical (unpaired) electrons. The molecule has 0 atom stereocenters. The summed E-state index contributed by atoms with van der Waals surface area (Å²) in [4.78, 5) is 4.26. The lowest BCUT2D eigenvalue weighted by Crippen LogP contribution is -1.94. The number of aryl methyl sites for hydroxylation is 1. The van der Waals surface area contributed by atoms with Gasteiger partial charge in [0.2, 0.25) is 4.73 Å². The van der Waals surface area contributed by atoms with Gasteiger partial charge in [0.15, 0.2) is 5.82 Å². The van der Waals surface area contributed by atoms with Gasteiger partial charge in [0.05, 0.1) is 7.11 Å². The van der Waals surface area contributed by atoms with Crippen LogP contribution in [0.15, 0.2) is 29.0 Å². The zero-order valence-corrected chi connectivity index (χ0v) is 10.0. The summed E-state index contributed by atoms with van der Waals surface area (Å²) in [5, 5.41) is 4.12. The molecule has 0 saturated heterocycles. The van der Waals surface area contributed by atoms with Crippen LogP contribution in [0.1, 0.15) is 0 Å². The van der Waals surface area contributed by atoms with Crippen LogP contribution in [0.25, 0.3) is 11.4 Å². The molecule has 0 N–H and O–H groups in total. The normalized spacial score (nSPS) is 10.3. The predicted molar refractivity (Wildman–Crippen MR) is 60.7 cm³/mol. The van der Waals surface area contributed by atoms with Crippen molar-refractivity contribution >= 4 is 15.9 Å². The summed E-state index contributed by atoms with van der Waals surface area (Å²) in [6.07, 6.45) is 0. The van der Waals surface area contributed by atoms with Gasteiger partial charge < -0.3 is 4.74 Å². The minimum absolute atomic E-state index is 0.593. The molecule has 0 aliphatic rings. The van der Waals surface area contributed by atoms with E-state index in [-0.39, 0.29) is 0 Å². The summed E-state index contributed by atoms with van der Waals surface area (Å²) in [5.74, 6) is 1.66. The Bertz CT molecular complexity index is 464. The van der Waals surface area contributed by atoms with Crippen molar-refractivity contribution in [3.63, 3.8) is 0 Å². The summed E-state index contributed by atoms with van der Waals surface area (Å²) in [7, 11) is 3.51. The van der Waals surface area contributed by atoms with Gasteiger partial charge in [-0.25, -0.2) is 9.67 Å². The number of ether oxygens (including phenoxy) is 1. The third-order valence-electron chi connectivity index (χ3n) is 2.09. The zero-order chi connectivity index (χ0) is 10.8. The Morgan fingerprint density at radius 1 is 1.27 bits per heavy atom. The molecule has 15 heavy (non-hydrogen) atoms. The van der Waals surface area contributed by atoms with Crippen LogP contribution in [-0.2, 0) is 7.05 Å². The standard InChI is InChI=1S/C10H10BrN3O/c1-14-9(12-10(11)13-14)7-3-5-8(15-2)6-4-7/h3-6H,1-2H3. The fourth-order valence-electron chi connectivity index (χ4n) is 1.34. The van der Waals surface area contributed by atoms with E-state index in [1.54, 1.807) is 11.8 Å². The molecule has 2 aromatic rings. The van der Waals surface area contributed by atoms with Crippen LogP contribution in [0.4, 0.5) is 0 Å². The number of methoxy groups -OCH3 is 1. The van der Waals surface area contributed by atoms with E-state index >= 15 is 0 Å². The molecule has 0 amide bonds. The predicted octanol–water partition coefficient (Wildman–Crippen LogP) is 2.25. The minimum atomic E-state index is 0.593. The molecule has 0 bridgehead atoms. The van der Waals surface area contributed by atoms with Gasteiger partial charge in [-0.2, -0.15) is 0 Å². The topological polar surface area (TPSA) is 39.9 Å². The lowest BCUT2D eigenvalue weighted by molar-refractivity contribution is 0.415. The van der Waals surface area contributed by atoms with Crippen molar-refractivity contribution in [2.75, 3.05) is 7.11 Å². The first-order valence-electron chi connectivity index (χ1n) is 4.41. The number of hydrogen-bond donors (Lipinski definition) is 0. The zero-order valence-electron chi connectivity index (χ0n) is 8.44. The molecule has 78 valence electrons. The number of hydrogen-bond acceptors (Lipinski definition) is 3. The second-order valence-corrected chi connectivity index (χ2v) is 3.77. The van der Waals surface area contributed by atoms with Crippen LogP contribution in [-0.4, -0.2) is 21.9 Å². The molecule has 2 rings (SSSR count). The van der Waals surface area contributed by atoms with E-state index in [0.29, 0.717) is 4.73 Å². The number of benzene rings is 1. The maximum absolute atomic E-state index is 5.09. The van der Waals surface area contributed by atoms with Crippen molar-refractivity contribution in [3.05, 3.63) is 29.0 Å². The van der Waals surface area contributed by atoms with Gasteiger partial charge in [-0.15, -0.1) is 5.10 Å². The molecular formula is C10H10BrN3O. The van der Waals surface area contributed by atoms with Crippen LogP contribution in [0.5, 0.6) is 5.75 Å². The largest absolute Gasteiger partial charge is 0.497 e. The Balaban J connectivity index is 2.41. The van der Waals surface area contributed by atoms with Crippen molar-refractivity contribution in [1.29, 1.82) is 0 Å². The van der Waals surface area contributed by atoms with Crippen molar-refractivity contribution in [2.45, 2.75) is 0 Å². The van der Waals surface area contributed by atoms with E-state index in [1.165, 1.54) is 0 Å². The van der Waals surface area contributed by atoms with E-state index in [4.69, 9.17) is 4.74 Å². The van der Waals surface area contributed by atoms with E-state index in [1.807, 2.05) is 31.3 Å². The third-order valence-corrected chi connectivity index (χ3v) is 2.42. The molecule has 1 aromatic heterocycles. The minimum Gasteiger partial charge on any atom is -0.497 e. The molecular weight excluding hydrogens is 258 g/mol. The lowest BCUT2D eigenvalue weighted by Gasteiger charge is -2.02. The Hall–Kier alpha value is -1.36. The van der Waals surface area contributed by atoms with Gasteiger partial charge in [0, 0.05) is 12.6 Å². The average Bonchev–Trinajstić information content (AvgIpc) is 2.58.